The number of thioether (sulfide) groups is 1. The molecule has 0 aromatic heterocycles. The summed E-state index contributed by atoms with van der Waals surface area (Å²) in [6, 6.07) is 10.8. The van der Waals surface area contributed by atoms with Crippen molar-refractivity contribution in [2.45, 2.75) is 24.3 Å². The highest BCUT2D eigenvalue weighted by Gasteiger charge is 2.18. The van der Waals surface area contributed by atoms with Gasteiger partial charge in [-0.25, -0.2) is 4.39 Å². The van der Waals surface area contributed by atoms with Crippen molar-refractivity contribution in [3.05, 3.63) is 53.3 Å². The van der Waals surface area contributed by atoms with Crippen LogP contribution in [0.1, 0.15) is 13.3 Å². The lowest BCUT2D eigenvalue weighted by molar-refractivity contribution is -0.152. The van der Waals surface area contributed by atoms with Crippen LogP contribution in [0, 0.1) is 5.82 Å². The second kappa shape index (κ2) is 10.2. The Bertz CT molecular complexity index is 801. The van der Waals surface area contributed by atoms with Crippen LogP contribution >= 0.6 is 23.4 Å². The van der Waals surface area contributed by atoms with E-state index in [0.717, 1.165) is 4.90 Å². The summed E-state index contributed by atoms with van der Waals surface area (Å²) in [5.74, 6) is -0.298. The van der Waals surface area contributed by atoms with E-state index in [1.807, 2.05) is 0 Å². The minimum atomic E-state index is -0.950. The second-order valence-electron chi connectivity index (χ2n) is 5.52. The van der Waals surface area contributed by atoms with Gasteiger partial charge in [0.1, 0.15) is 11.6 Å². The first-order valence-corrected chi connectivity index (χ1v) is 9.47. The third-order valence-corrected chi connectivity index (χ3v) is 4.79. The van der Waals surface area contributed by atoms with Crippen molar-refractivity contribution in [2.75, 3.05) is 18.2 Å². The monoisotopic (exact) mass is 411 g/mol. The largest absolute Gasteiger partial charge is 0.495 e. The molecular formula is C19H19ClFNO4S. The van der Waals surface area contributed by atoms with Crippen molar-refractivity contribution in [3.63, 3.8) is 0 Å². The van der Waals surface area contributed by atoms with Crippen LogP contribution in [-0.4, -0.2) is 30.8 Å². The van der Waals surface area contributed by atoms with Crippen LogP contribution in [0.15, 0.2) is 47.4 Å². The number of esters is 1. The molecule has 144 valence electrons. The number of methoxy groups -OCH3 is 1. The molecule has 0 saturated heterocycles. The van der Waals surface area contributed by atoms with Gasteiger partial charge >= 0.3 is 5.97 Å². The second-order valence-corrected chi connectivity index (χ2v) is 7.10. The van der Waals surface area contributed by atoms with Crippen molar-refractivity contribution in [1.29, 1.82) is 0 Å². The molecule has 5 nitrogen and oxygen atoms in total. The first-order chi connectivity index (χ1) is 12.9. The Kier molecular flexibility index (Phi) is 7.94. The van der Waals surface area contributed by atoms with E-state index in [4.69, 9.17) is 21.1 Å². The number of hydrogen-bond acceptors (Lipinski definition) is 5. The van der Waals surface area contributed by atoms with E-state index in [9.17, 15) is 14.0 Å². The highest BCUT2D eigenvalue weighted by atomic mass is 35.5. The average molecular weight is 412 g/mol. The summed E-state index contributed by atoms with van der Waals surface area (Å²) in [4.78, 5) is 24.9. The standard InChI is InChI=1S/C19H19ClFNO4S/c1-12(19(24)22-14-5-8-17(25-2)16(20)11-14)26-18(23)9-10-27-15-6-3-13(21)4-7-15/h3-8,11-12H,9-10H2,1-2H3,(H,22,24)/t12-/m0/s1. The topological polar surface area (TPSA) is 64.6 Å². The molecule has 0 aliphatic rings. The molecule has 27 heavy (non-hydrogen) atoms. The molecule has 0 aliphatic carbocycles. The number of nitrogens with one attached hydrogen (secondary N) is 1. The van der Waals surface area contributed by atoms with Crippen LogP contribution < -0.4 is 10.1 Å². The maximum absolute atomic E-state index is 12.8. The van der Waals surface area contributed by atoms with Crippen molar-refractivity contribution in [2.24, 2.45) is 0 Å². The Labute approximate surface area is 166 Å². The van der Waals surface area contributed by atoms with E-state index in [-0.39, 0.29) is 12.2 Å². The minimum Gasteiger partial charge on any atom is -0.495 e. The smallest absolute Gasteiger partial charge is 0.307 e. The summed E-state index contributed by atoms with van der Waals surface area (Å²) in [5, 5.41) is 2.99. The highest BCUT2D eigenvalue weighted by Crippen LogP contribution is 2.27. The van der Waals surface area contributed by atoms with Crippen molar-refractivity contribution in [1.82, 2.24) is 0 Å². The molecule has 0 saturated carbocycles. The predicted molar refractivity (Wildman–Crippen MR) is 104 cm³/mol. The average Bonchev–Trinajstić information content (AvgIpc) is 2.63. The van der Waals surface area contributed by atoms with Gasteiger partial charge in [0, 0.05) is 16.3 Å². The van der Waals surface area contributed by atoms with Gasteiger partial charge in [-0.15, -0.1) is 11.8 Å². The van der Waals surface area contributed by atoms with Crippen LogP contribution in [0.4, 0.5) is 10.1 Å². The van der Waals surface area contributed by atoms with Gasteiger partial charge in [0.05, 0.1) is 18.6 Å². The third kappa shape index (κ3) is 6.77. The first-order valence-electron chi connectivity index (χ1n) is 8.11. The van der Waals surface area contributed by atoms with Crippen LogP contribution in [0.3, 0.4) is 0 Å². The fourth-order valence-corrected chi connectivity index (χ4v) is 3.17. The van der Waals surface area contributed by atoms with Gasteiger partial charge in [-0.1, -0.05) is 11.6 Å². The summed E-state index contributed by atoms with van der Waals surface area (Å²) in [6.07, 6.45) is -0.817. The van der Waals surface area contributed by atoms with Gasteiger partial charge < -0.3 is 14.8 Å². The fourth-order valence-electron chi connectivity index (χ4n) is 2.08. The Hall–Kier alpha value is -2.25. The van der Waals surface area contributed by atoms with Crippen LogP contribution in [0.25, 0.3) is 0 Å². The maximum Gasteiger partial charge on any atom is 0.307 e. The lowest BCUT2D eigenvalue weighted by atomic mass is 10.2. The molecule has 1 amide bonds. The van der Waals surface area contributed by atoms with Crippen LogP contribution in [0.2, 0.25) is 5.02 Å². The SMILES string of the molecule is COc1ccc(NC(=O)[C@H](C)OC(=O)CCSc2ccc(F)cc2)cc1Cl. The van der Waals surface area contributed by atoms with E-state index in [2.05, 4.69) is 5.32 Å². The Balaban J connectivity index is 1.76. The Morgan fingerprint density at radius 1 is 1.22 bits per heavy atom. The molecule has 0 fully saturated rings. The number of anilines is 1. The molecule has 2 rings (SSSR count). The van der Waals surface area contributed by atoms with E-state index in [1.165, 1.54) is 37.9 Å². The number of benzene rings is 2. The fraction of sp³-hybridized carbons (Fsp3) is 0.263. The normalized spacial score (nSPS) is 11.6. The first kappa shape index (κ1) is 21.1. The van der Waals surface area contributed by atoms with Crippen molar-refractivity contribution >= 4 is 40.9 Å². The van der Waals surface area contributed by atoms with Gasteiger partial charge in [-0.2, -0.15) is 0 Å². The van der Waals surface area contributed by atoms with E-state index in [1.54, 1.807) is 30.3 Å². The molecule has 0 radical (unpaired) electrons. The molecule has 2 aromatic carbocycles. The number of carbonyl (C=O) groups is 2. The molecule has 2 aromatic rings. The zero-order chi connectivity index (χ0) is 19.8. The molecule has 0 bridgehead atoms. The summed E-state index contributed by atoms with van der Waals surface area (Å²) < 4.78 is 23.0. The lowest BCUT2D eigenvalue weighted by Crippen LogP contribution is -2.30. The maximum atomic E-state index is 12.8. The van der Waals surface area contributed by atoms with E-state index < -0.39 is 18.0 Å². The van der Waals surface area contributed by atoms with Gasteiger partial charge in [0.2, 0.25) is 0 Å². The summed E-state index contributed by atoms with van der Waals surface area (Å²) in [5.41, 5.74) is 0.473. The molecule has 0 heterocycles. The van der Waals surface area contributed by atoms with Gasteiger partial charge in [-0.05, 0) is 49.4 Å². The van der Waals surface area contributed by atoms with Gasteiger partial charge in [0.15, 0.2) is 6.10 Å². The van der Waals surface area contributed by atoms with Gasteiger partial charge in [0.25, 0.3) is 5.91 Å². The number of hydrogen-bond donors (Lipinski definition) is 1. The summed E-state index contributed by atoms with van der Waals surface area (Å²) in [6.45, 7) is 1.49. The number of carbonyl (C=O) groups excluding carboxylic acids is 2. The third-order valence-electron chi connectivity index (χ3n) is 3.49. The summed E-state index contributed by atoms with van der Waals surface area (Å²) in [7, 11) is 1.50. The highest BCUT2D eigenvalue weighted by molar-refractivity contribution is 7.99. The predicted octanol–water partition coefficient (Wildman–Crippen LogP) is 4.54. The number of halogens is 2. The number of rotatable bonds is 8. The summed E-state index contributed by atoms with van der Waals surface area (Å²) >= 11 is 7.41. The zero-order valence-corrected chi connectivity index (χ0v) is 16.4. The van der Waals surface area contributed by atoms with Crippen molar-refractivity contribution in [3.8, 4) is 5.75 Å². The minimum absolute atomic E-state index is 0.133. The quantitative estimate of drug-likeness (QED) is 0.510. The van der Waals surface area contributed by atoms with E-state index in [0.29, 0.717) is 22.2 Å². The van der Waals surface area contributed by atoms with Crippen molar-refractivity contribution < 1.29 is 23.5 Å². The molecule has 8 heteroatoms. The molecule has 0 spiro atoms. The Morgan fingerprint density at radius 3 is 2.56 bits per heavy atom. The van der Waals surface area contributed by atoms with Crippen LogP contribution in [0.5, 0.6) is 5.75 Å². The van der Waals surface area contributed by atoms with Gasteiger partial charge in [-0.3, -0.25) is 9.59 Å². The number of ether oxygens (including phenoxy) is 2. The zero-order valence-electron chi connectivity index (χ0n) is 14.8. The van der Waals surface area contributed by atoms with E-state index >= 15 is 0 Å². The molecular weight excluding hydrogens is 393 g/mol. The van der Waals surface area contributed by atoms with Crippen LogP contribution in [-0.2, 0) is 14.3 Å². The molecule has 0 aliphatic heterocycles. The molecule has 0 unspecified atom stereocenters. The number of amides is 1. The molecule has 1 atom stereocenters. The Morgan fingerprint density at radius 2 is 1.93 bits per heavy atom. The lowest BCUT2D eigenvalue weighted by Gasteiger charge is -2.14. The molecule has 1 N–H and O–H groups in total.